The highest BCUT2D eigenvalue weighted by molar-refractivity contribution is 5.17. The van der Waals surface area contributed by atoms with Crippen LogP contribution in [0.4, 0.5) is 0 Å². The SMILES string of the molecule is C=C/C(=C\N(C)CC(CCC)CCC)C(C)C. The Bertz CT molecular complexity index is 222. The first-order valence-corrected chi connectivity index (χ1v) is 7.09. The van der Waals surface area contributed by atoms with Crippen molar-refractivity contribution < 1.29 is 0 Å². The Morgan fingerprint density at radius 2 is 1.71 bits per heavy atom. The zero-order chi connectivity index (χ0) is 13.3. The number of rotatable bonds is 9. The van der Waals surface area contributed by atoms with Crippen molar-refractivity contribution in [2.45, 2.75) is 53.4 Å². The van der Waals surface area contributed by atoms with Crippen LogP contribution >= 0.6 is 0 Å². The molecule has 0 spiro atoms. The fourth-order valence-corrected chi connectivity index (χ4v) is 2.30. The third-order valence-electron chi connectivity index (χ3n) is 3.21. The summed E-state index contributed by atoms with van der Waals surface area (Å²) < 4.78 is 0. The van der Waals surface area contributed by atoms with Crippen LogP contribution in [0.25, 0.3) is 0 Å². The van der Waals surface area contributed by atoms with E-state index in [0.29, 0.717) is 5.92 Å². The first-order valence-electron chi connectivity index (χ1n) is 7.09. The van der Waals surface area contributed by atoms with Crippen molar-refractivity contribution >= 4 is 0 Å². The average molecular weight is 237 g/mol. The lowest BCUT2D eigenvalue weighted by atomic mass is 9.97. The second-order valence-corrected chi connectivity index (χ2v) is 5.37. The van der Waals surface area contributed by atoms with Gasteiger partial charge in [-0.2, -0.15) is 0 Å². The van der Waals surface area contributed by atoms with Crippen molar-refractivity contribution in [3.8, 4) is 0 Å². The summed E-state index contributed by atoms with van der Waals surface area (Å²) in [5, 5.41) is 0. The normalized spacial score (nSPS) is 12.3. The van der Waals surface area contributed by atoms with Gasteiger partial charge in [-0.3, -0.25) is 0 Å². The van der Waals surface area contributed by atoms with E-state index in [-0.39, 0.29) is 0 Å². The molecule has 0 aromatic heterocycles. The molecule has 0 saturated carbocycles. The Balaban J connectivity index is 4.37. The molecule has 0 fully saturated rings. The van der Waals surface area contributed by atoms with E-state index in [1.807, 2.05) is 6.08 Å². The van der Waals surface area contributed by atoms with Crippen LogP contribution in [0.5, 0.6) is 0 Å². The summed E-state index contributed by atoms with van der Waals surface area (Å²) in [6.45, 7) is 14.1. The van der Waals surface area contributed by atoms with Gasteiger partial charge in [-0.1, -0.05) is 53.2 Å². The van der Waals surface area contributed by atoms with E-state index < -0.39 is 0 Å². The summed E-state index contributed by atoms with van der Waals surface area (Å²) in [7, 11) is 2.18. The molecule has 0 rings (SSSR count). The molecule has 0 radical (unpaired) electrons. The Hall–Kier alpha value is -0.720. The fourth-order valence-electron chi connectivity index (χ4n) is 2.30. The minimum Gasteiger partial charge on any atom is -0.380 e. The Morgan fingerprint density at radius 1 is 1.18 bits per heavy atom. The smallest absolute Gasteiger partial charge is 0.0197 e. The predicted octanol–water partition coefficient (Wildman–Crippen LogP) is 4.86. The molecule has 0 N–H and O–H groups in total. The zero-order valence-corrected chi connectivity index (χ0v) is 12.5. The lowest BCUT2D eigenvalue weighted by Crippen LogP contribution is -2.21. The highest BCUT2D eigenvalue weighted by atomic mass is 15.1. The van der Waals surface area contributed by atoms with E-state index in [1.54, 1.807) is 0 Å². The van der Waals surface area contributed by atoms with Crippen LogP contribution in [-0.4, -0.2) is 18.5 Å². The Morgan fingerprint density at radius 3 is 2.06 bits per heavy atom. The molecule has 0 bridgehead atoms. The zero-order valence-electron chi connectivity index (χ0n) is 12.5. The van der Waals surface area contributed by atoms with Crippen molar-refractivity contribution in [3.63, 3.8) is 0 Å². The summed E-state index contributed by atoms with van der Waals surface area (Å²) in [6.07, 6.45) is 9.52. The van der Waals surface area contributed by atoms with Gasteiger partial charge >= 0.3 is 0 Å². The van der Waals surface area contributed by atoms with E-state index >= 15 is 0 Å². The van der Waals surface area contributed by atoms with Gasteiger partial charge in [-0.05, 0) is 30.3 Å². The molecule has 0 unspecified atom stereocenters. The van der Waals surface area contributed by atoms with Crippen LogP contribution in [0.1, 0.15) is 53.4 Å². The first kappa shape index (κ1) is 16.3. The number of hydrogen-bond donors (Lipinski definition) is 0. The van der Waals surface area contributed by atoms with E-state index in [1.165, 1.54) is 37.8 Å². The van der Waals surface area contributed by atoms with Crippen LogP contribution in [0.2, 0.25) is 0 Å². The third-order valence-corrected chi connectivity index (χ3v) is 3.21. The van der Waals surface area contributed by atoms with Gasteiger partial charge in [0.1, 0.15) is 0 Å². The number of hydrogen-bond acceptors (Lipinski definition) is 1. The van der Waals surface area contributed by atoms with Crippen LogP contribution in [0.15, 0.2) is 24.4 Å². The minimum atomic E-state index is 0.561. The van der Waals surface area contributed by atoms with Crippen molar-refractivity contribution in [2.75, 3.05) is 13.6 Å². The highest BCUT2D eigenvalue weighted by Gasteiger charge is 2.09. The topological polar surface area (TPSA) is 3.24 Å². The summed E-state index contributed by atoms with van der Waals surface area (Å²) in [6, 6.07) is 0. The molecular weight excluding hydrogens is 206 g/mol. The summed E-state index contributed by atoms with van der Waals surface area (Å²) in [4.78, 5) is 2.34. The molecule has 0 aliphatic carbocycles. The fraction of sp³-hybridized carbons (Fsp3) is 0.750. The average Bonchev–Trinajstić information content (AvgIpc) is 2.26. The number of allylic oxidation sites excluding steroid dienone is 2. The quantitative estimate of drug-likeness (QED) is 0.518. The largest absolute Gasteiger partial charge is 0.380 e. The van der Waals surface area contributed by atoms with Gasteiger partial charge in [0.15, 0.2) is 0 Å². The molecule has 0 saturated heterocycles. The molecule has 0 aliphatic heterocycles. The molecule has 0 aliphatic rings. The highest BCUT2D eigenvalue weighted by Crippen LogP contribution is 2.17. The van der Waals surface area contributed by atoms with Crippen LogP contribution in [0, 0.1) is 11.8 Å². The maximum atomic E-state index is 3.89. The minimum absolute atomic E-state index is 0.561. The van der Waals surface area contributed by atoms with E-state index in [0.717, 1.165) is 5.92 Å². The van der Waals surface area contributed by atoms with Crippen molar-refractivity contribution in [1.29, 1.82) is 0 Å². The van der Waals surface area contributed by atoms with Crippen molar-refractivity contribution in [3.05, 3.63) is 24.4 Å². The molecule has 100 valence electrons. The van der Waals surface area contributed by atoms with Gasteiger partial charge in [-0.25, -0.2) is 0 Å². The predicted molar refractivity (Wildman–Crippen MR) is 79.1 cm³/mol. The molecule has 17 heavy (non-hydrogen) atoms. The molecule has 0 atom stereocenters. The number of nitrogens with zero attached hydrogens (tertiary/aromatic N) is 1. The van der Waals surface area contributed by atoms with Crippen LogP contribution in [0.3, 0.4) is 0 Å². The van der Waals surface area contributed by atoms with Gasteiger partial charge in [0.25, 0.3) is 0 Å². The van der Waals surface area contributed by atoms with Crippen molar-refractivity contribution in [1.82, 2.24) is 4.90 Å². The van der Waals surface area contributed by atoms with E-state index in [4.69, 9.17) is 0 Å². The van der Waals surface area contributed by atoms with Crippen molar-refractivity contribution in [2.24, 2.45) is 11.8 Å². The van der Waals surface area contributed by atoms with Gasteiger partial charge in [0, 0.05) is 19.8 Å². The van der Waals surface area contributed by atoms with Gasteiger partial charge < -0.3 is 4.90 Å². The van der Waals surface area contributed by atoms with E-state index in [2.05, 4.69) is 52.4 Å². The monoisotopic (exact) mass is 237 g/mol. The summed E-state index contributed by atoms with van der Waals surface area (Å²) in [5.74, 6) is 1.40. The van der Waals surface area contributed by atoms with E-state index in [9.17, 15) is 0 Å². The summed E-state index contributed by atoms with van der Waals surface area (Å²) >= 11 is 0. The second-order valence-electron chi connectivity index (χ2n) is 5.37. The Labute approximate surface area is 109 Å². The summed E-state index contributed by atoms with van der Waals surface area (Å²) in [5.41, 5.74) is 1.33. The molecule has 0 heterocycles. The lowest BCUT2D eigenvalue weighted by Gasteiger charge is -2.23. The molecule has 0 amide bonds. The molecular formula is C16H31N. The Kier molecular flexibility index (Phi) is 8.93. The standard InChI is InChI=1S/C16H31N/c1-7-10-15(11-8-2)12-17(6)13-16(9-3)14(4)5/h9,13-15H,3,7-8,10-12H2,1-2,4-6H3/b16-13+. The maximum Gasteiger partial charge on any atom is 0.0197 e. The van der Waals surface area contributed by atoms with Crippen LogP contribution < -0.4 is 0 Å². The van der Waals surface area contributed by atoms with Gasteiger partial charge in [0.05, 0.1) is 0 Å². The first-order chi connectivity index (χ1) is 8.04. The lowest BCUT2D eigenvalue weighted by molar-refractivity contribution is 0.317. The van der Waals surface area contributed by atoms with Crippen LogP contribution in [-0.2, 0) is 0 Å². The maximum absolute atomic E-state index is 3.89. The molecule has 0 aromatic rings. The third kappa shape index (κ3) is 7.25. The molecule has 0 aromatic carbocycles. The second kappa shape index (κ2) is 9.32. The van der Waals surface area contributed by atoms with Gasteiger partial charge in [-0.15, -0.1) is 0 Å². The molecule has 1 heteroatoms. The molecule has 1 nitrogen and oxygen atoms in total. The van der Waals surface area contributed by atoms with Gasteiger partial charge in [0.2, 0.25) is 0 Å².